The summed E-state index contributed by atoms with van der Waals surface area (Å²) in [5, 5.41) is 0. The van der Waals surface area contributed by atoms with Crippen molar-refractivity contribution in [1.82, 2.24) is 0 Å². The zero-order valence-corrected chi connectivity index (χ0v) is 13.6. The molecule has 0 aliphatic carbocycles. The van der Waals surface area contributed by atoms with Gasteiger partial charge in [-0.25, -0.2) is 8.78 Å². The Labute approximate surface area is 138 Å². The Morgan fingerprint density at radius 2 is 1.43 bits per heavy atom. The van der Waals surface area contributed by atoms with E-state index in [0.717, 1.165) is 28.2 Å². The first-order valence-electron chi connectivity index (χ1n) is 7.52. The lowest BCUT2D eigenvalue weighted by Crippen LogP contribution is -1.95. The standard InChI is InChI=1S/C19H17F2NS/c1-2-3-12-4-6-13(7-5-12)17-8-9-18(23-17)14-10-15(20)19(22)16(21)11-14/h4-11H,2-3,22H2,1H3. The molecule has 0 radical (unpaired) electrons. The monoisotopic (exact) mass is 329 g/mol. The summed E-state index contributed by atoms with van der Waals surface area (Å²) in [6.45, 7) is 2.16. The number of halogens is 2. The summed E-state index contributed by atoms with van der Waals surface area (Å²) in [6, 6.07) is 14.8. The Morgan fingerprint density at radius 1 is 0.870 bits per heavy atom. The molecular weight excluding hydrogens is 312 g/mol. The molecule has 1 aromatic heterocycles. The lowest BCUT2D eigenvalue weighted by Gasteiger charge is -2.03. The smallest absolute Gasteiger partial charge is 0.149 e. The number of rotatable bonds is 4. The van der Waals surface area contributed by atoms with Gasteiger partial charge in [-0.3, -0.25) is 0 Å². The Morgan fingerprint density at radius 3 is 2.00 bits per heavy atom. The third-order valence-corrected chi connectivity index (χ3v) is 4.93. The summed E-state index contributed by atoms with van der Waals surface area (Å²) in [5.41, 5.74) is 7.82. The highest BCUT2D eigenvalue weighted by molar-refractivity contribution is 7.18. The molecule has 0 saturated carbocycles. The van der Waals surface area contributed by atoms with E-state index in [2.05, 4.69) is 31.2 Å². The molecule has 23 heavy (non-hydrogen) atoms. The Kier molecular flexibility index (Phi) is 4.44. The largest absolute Gasteiger partial charge is 0.394 e. The first-order valence-corrected chi connectivity index (χ1v) is 8.34. The maximum absolute atomic E-state index is 13.6. The number of thiophene rings is 1. The minimum atomic E-state index is -0.723. The Hall–Kier alpha value is -2.20. The normalized spacial score (nSPS) is 10.9. The van der Waals surface area contributed by atoms with Gasteiger partial charge in [-0.2, -0.15) is 0 Å². The van der Waals surface area contributed by atoms with Gasteiger partial charge in [-0.05, 0) is 47.4 Å². The predicted octanol–water partition coefficient (Wildman–Crippen LogP) is 5.90. The van der Waals surface area contributed by atoms with Gasteiger partial charge in [-0.1, -0.05) is 37.6 Å². The third-order valence-electron chi connectivity index (χ3n) is 3.75. The van der Waals surface area contributed by atoms with Gasteiger partial charge in [0.25, 0.3) is 0 Å². The fourth-order valence-electron chi connectivity index (χ4n) is 2.50. The predicted molar refractivity (Wildman–Crippen MR) is 93.5 cm³/mol. The fourth-order valence-corrected chi connectivity index (χ4v) is 3.50. The Balaban J connectivity index is 1.91. The van der Waals surface area contributed by atoms with Gasteiger partial charge in [0.2, 0.25) is 0 Å². The highest BCUT2D eigenvalue weighted by atomic mass is 32.1. The first-order chi connectivity index (χ1) is 11.1. The van der Waals surface area contributed by atoms with Gasteiger partial charge in [0, 0.05) is 9.75 Å². The average molecular weight is 329 g/mol. The number of aryl methyl sites for hydroxylation is 1. The maximum atomic E-state index is 13.6. The van der Waals surface area contributed by atoms with Crippen molar-refractivity contribution in [2.24, 2.45) is 0 Å². The van der Waals surface area contributed by atoms with Crippen molar-refractivity contribution in [2.45, 2.75) is 19.8 Å². The van der Waals surface area contributed by atoms with Gasteiger partial charge in [0.05, 0.1) is 0 Å². The quantitative estimate of drug-likeness (QED) is 0.593. The lowest BCUT2D eigenvalue weighted by molar-refractivity contribution is 0.592. The maximum Gasteiger partial charge on any atom is 0.149 e. The van der Waals surface area contributed by atoms with Crippen LogP contribution in [0.15, 0.2) is 48.5 Å². The van der Waals surface area contributed by atoms with Crippen LogP contribution in [0.25, 0.3) is 20.9 Å². The summed E-state index contributed by atoms with van der Waals surface area (Å²) in [6.07, 6.45) is 2.19. The molecule has 0 amide bonds. The van der Waals surface area contributed by atoms with Crippen molar-refractivity contribution >= 4 is 17.0 Å². The first kappa shape index (κ1) is 15.7. The topological polar surface area (TPSA) is 26.0 Å². The van der Waals surface area contributed by atoms with Crippen LogP contribution in [0.1, 0.15) is 18.9 Å². The number of anilines is 1. The second kappa shape index (κ2) is 6.50. The van der Waals surface area contributed by atoms with Crippen LogP contribution in [0.3, 0.4) is 0 Å². The minimum Gasteiger partial charge on any atom is -0.394 e. The highest BCUT2D eigenvalue weighted by Crippen LogP contribution is 2.36. The molecule has 0 atom stereocenters. The van der Waals surface area contributed by atoms with E-state index in [0.29, 0.717) is 5.56 Å². The lowest BCUT2D eigenvalue weighted by atomic mass is 10.1. The summed E-state index contributed by atoms with van der Waals surface area (Å²) in [7, 11) is 0. The van der Waals surface area contributed by atoms with E-state index in [1.54, 1.807) is 0 Å². The molecule has 4 heteroatoms. The van der Waals surface area contributed by atoms with Crippen LogP contribution < -0.4 is 5.73 Å². The van der Waals surface area contributed by atoms with Crippen LogP contribution in [0.5, 0.6) is 0 Å². The van der Waals surface area contributed by atoms with Gasteiger partial charge < -0.3 is 5.73 Å². The van der Waals surface area contributed by atoms with Crippen LogP contribution in [0.2, 0.25) is 0 Å². The molecule has 0 bridgehead atoms. The van der Waals surface area contributed by atoms with Crippen LogP contribution in [0.4, 0.5) is 14.5 Å². The summed E-state index contributed by atoms with van der Waals surface area (Å²) < 4.78 is 27.2. The van der Waals surface area contributed by atoms with Crippen molar-refractivity contribution in [3.05, 3.63) is 65.7 Å². The van der Waals surface area contributed by atoms with E-state index in [1.165, 1.54) is 29.0 Å². The molecule has 118 valence electrons. The molecule has 0 unspecified atom stereocenters. The van der Waals surface area contributed by atoms with Crippen LogP contribution in [-0.2, 0) is 6.42 Å². The van der Waals surface area contributed by atoms with Crippen molar-refractivity contribution in [2.75, 3.05) is 5.73 Å². The molecular formula is C19H17F2NS. The van der Waals surface area contributed by atoms with E-state index in [4.69, 9.17) is 5.73 Å². The van der Waals surface area contributed by atoms with Crippen molar-refractivity contribution in [3.63, 3.8) is 0 Å². The molecule has 0 fully saturated rings. The van der Waals surface area contributed by atoms with E-state index >= 15 is 0 Å². The molecule has 1 nitrogen and oxygen atoms in total. The second-order valence-electron chi connectivity index (χ2n) is 5.46. The van der Waals surface area contributed by atoms with Crippen LogP contribution in [0, 0.1) is 11.6 Å². The summed E-state index contributed by atoms with van der Waals surface area (Å²) in [4.78, 5) is 1.89. The van der Waals surface area contributed by atoms with Crippen LogP contribution >= 0.6 is 11.3 Å². The minimum absolute atomic E-state index is 0.433. The third kappa shape index (κ3) is 3.27. The zero-order valence-electron chi connectivity index (χ0n) is 12.8. The van der Waals surface area contributed by atoms with Crippen molar-refractivity contribution in [1.29, 1.82) is 0 Å². The van der Waals surface area contributed by atoms with E-state index < -0.39 is 17.3 Å². The SMILES string of the molecule is CCCc1ccc(-c2ccc(-c3cc(F)c(N)c(F)c3)s2)cc1. The molecule has 1 heterocycles. The number of hydrogen-bond donors (Lipinski definition) is 1. The molecule has 3 aromatic rings. The van der Waals surface area contributed by atoms with Gasteiger partial charge in [0.1, 0.15) is 17.3 Å². The van der Waals surface area contributed by atoms with Crippen molar-refractivity contribution < 1.29 is 8.78 Å². The van der Waals surface area contributed by atoms with Gasteiger partial charge in [0.15, 0.2) is 0 Å². The molecule has 3 rings (SSSR count). The van der Waals surface area contributed by atoms with Crippen molar-refractivity contribution in [3.8, 4) is 20.9 Å². The number of nitrogen functional groups attached to an aromatic ring is 1. The zero-order chi connectivity index (χ0) is 16.4. The second-order valence-corrected chi connectivity index (χ2v) is 6.55. The molecule has 0 spiro atoms. The van der Waals surface area contributed by atoms with E-state index in [-0.39, 0.29) is 0 Å². The summed E-state index contributed by atoms with van der Waals surface area (Å²) in [5.74, 6) is -1.45. The van der Waals surface area contributed by atoms with Crippen LogP contribution in [-0.4, -0.2) is 0 Å². The number of nitrogens with two attached hydrogens (primary N) is 1. The highest BCUT2D eigenvalue weighted by Gasteiger charge is 2.11. The van der Waals surface area contributed by atoms with E-state index in [9.17, 15) is 8.78 Å². The fraction of sp³-hybridized carbons (Fsp3) is 0.158. The molecule has 0 saturated heterocycles. The number of hydrogen-bond acceptors (Lipinski definition) is 2. The molecule has 0 aliphatic rings. The molecule has 0 aliphatic heterocycles. The average Bonchev–Trinajstić information content (AvgIpc) is 3.03. The Bertz CT molecular complexity index is 799. The molecule has 2 aromatic carbocycles. The summed E-state index contributed by atoms with van der Waals surface area (Å²) >= 11 is 1.51. The molecule has 2 N–H and O–H groups in total. The van der Waals surface area contributed by atoms with Gasteiger partial charge in [-0.15, -0.1) is 11.3 Å². The number of benzene rings is 2. The van der Waals surface area contributed by atoms with Gasteiger partial charge >= 0.3 is 0 Å². The van der Waals surface area contributed by atoms with E-state index in [1.807, 2.05) is 12.1 Å².